The van der Waals surface area contributed by atoms with Gasteiger partial charge in [-0.05, 0) is 18.4 Å². The normalized spacial score (nSPS) is 15.0. The van der Waals surface area contributed by atoms with Crippen LogP contribution in [0.3, 0.4) is 0 Å². The van der Waals surface area contributed by atoms with Crippen LogP contribution in [0, 0.1) is 0 Å². The van der Waals surface area contributed by atoms with Crippen LogP contribution in [0.5, 0.6) is 0 Å². The molecule has 0 amide bonds. The van der Waals surface area contributed by atoms with E-state index in [0.29, 0.717) is 0 Å². The van der Waals surface area contributed by atoms with Crippen LogP contribution >= 0.6 is 0 Å². The van der Waals surface area contributed by atoms with E-state index < -0.39 is 18.2 Å². The fourth-order valence-corrected chi connectivity index (χ4v) is 2.80. The quantitative estimate of drug-likeness (QED) is 0.170. The van der Waals surface area contributed by atoms with Crippen LogP contribution in [0.1, 0.15) is 97.3 Å². The van der Waals surface area contributed by atoms with E-state index in [0.717, 1.165) is 19.3 Å². The molecular weight excluding hydrogens is 290 g/mol. The lowest BCUT2D eigenvalue weighted by atomic mass is 10.0. The van der Waals surface area contributed by atoms with E-state index in [1.165, 1.54) is 57.8 Å². The second-order valence-corrected chi connectivity index (χ2v) is 6.73. The Balaban J connectivity index is 3.38. The van der Waals surface area contributed by atoms with Gasteiger partial charge in [-0.15, -0.1) is 0 Å². The Labute approximate surface area is 142 Å². The fraction of sp³-hybridized carbons (Fsp3) is 1.00. The van der Waals surface area contributed by atoms with Gasteiger partial charge in [0.25, 0.3) is 0 Å². The molecule has 0 aliphatic carbocycles. The Morgan fingerprint density at radius 2 is 1.35 bits per heavy atom. The third kappa shape index (κ3) is 14.5. The lowest BCUT2D eigenvalue weighted by Crippen LogP contribution is -2.26. The van der Waals surface area contributed by atoms with Crippen molar-refractivity contribution in [3.05, 3.63) is 10.4 Å². The van der Waals surface area contributed by atoms with Gasteiger partial charge in [0.05, 0.1) is 18.2 Å². The number of hydrogen-bond acceptors (Lipinski definition) is 3. The van der Waals surface area contributed by atoms with Crippen LogP contribution in [0.4, 0.5) is 0 Å². The zero-order valence-corrected chi connectivity index (χ0v) is 15.2. The Morgan fingerprint density at radius 1 is 0.870 bits per heavy atom. The summed E-state index contributed by atoms with van der Waals surface area (Å²) < 4.78 is 0. The number of hydrogen-bond donors (Lipinski definition) is 2. The molecule has 0 radical (unpaired) electrons. The Morgan fingerprint density at radius 3 is 1.83 bits per heavy atom. The summed E-state index contributed by atoms with van der Waals surface area (Å²) in [5.41, 5.74) is 8.32. The van der Waals surface area contributed by atoms with Crippen LogP contribution in [0.15, 0.2) is 5.11 Å². The highest BCUT2D eigenvalue weighted by atomic mass is 16.3. The molecule has 23 heavy (non-hydrogen) atoms. The molecule has 0 aromatic heterocycles. The monoisotopic (exact) mass is 327 g/mol. The zero-order chi connectivity index (χ0) is 17.3. The molecule has 0 aliphatic heterocycles. The first-order chi connectivity index (χ1) is 11.1. The molecule has 136 valence electrons. The minimum Gasteiger partial charge on any atom is -0.393 e. The van der Waals surface area contributed by atoms with E-state index >= 15 is 0 Å². The third-order valence-electron chi connectivity index (χ3n) is 4.45. The van der Waals surface area contributed by atoms with Gasteiger partial charge >= 0.3 is 0 Å². The van der Waals surface area contributed by atoms with Crippen molar-refractivity contribution in [3.63, 3.8) is 0 Å². The van der Waals surface area contributed by atoms with Gasteiger partial charge in [-0.1, -0.05) is 89.6 Å². The minimum atomic E-state index is -0.756. The second-order valence-electron chi connectivity index (χ2n) is 6.73. The Bertz CT molecular complexity index is 307. The average Bonchev–Trinajstić information content (AvgIpc) is 2.52. The highest BCUT2D eigenvalue weighted by molar-refractivity contribution is 4.74. The third-order valence-corrected chi connectivity index (χ3v) is 4.45. The molecule has 0 rings (SSSR count). The SMILES string of the molecule is CCCCCCCCCCCCC[C@H](O)C[C@H](O)[C@@H](C)N=[N+]=[N-]. The van der Waals surface area contributed by atoms with E-state index in [1.54, 1.807) is 6.92 Å². The van der Waals surface area contributed by atoms with Gasteiger partial charge in [0.2, 0.25) is 0 Å². The molecule has 0 heterocycles. The summed E-state index contributed by atoms with van der Waals surface area (Å²) in [5, 5.41) is 23.1. The van der Waals surface area contributed by atoms with Crippen LogP contribution in [-0.4, -0.2) is 28.5 Å². The van der Waals surface area contributed by atoms with Crippen LogP contribution < -0.4 is 0 Å². The van der Waals surface area contributed by atoms with Crippen molar-refractivity contribution in [1.82, 2.24) is 0 Å². The first-order valence-electron chi connectivity index (χ1n) is 9.52. The minimum absolute atomic E-state index is 0.290. The average molecular weight is 328 g/mol. The summed E-state index contributed by atoms with van der Waals surface area (Å²) in [6.07, 6.45) is 14.0. The van der Waals surface area contributed by atoms with Gasteiger partial charge in [-0.3, -0.25) is 0 Å². The molecule has 0 saturated carbocycles. The molecule has 0 aromatic rings. The molecular formula is C18H37N3O2. The maximum Gasteiger partial charge on any atom is 0.0646 e. The molecule has 5 heteroatoms. The van der Waals surface area contributed by atoms with E-state index in [1.807, 2.05) is 0 Å². The molecule has 2 N–H and O–H groups in total. The van der Waals surface area contributed by atoms with Gasteiger partial charge in [0.1, 0.15) is 0 Å². The smallest absolute Gasteiger partial charge is 0.0646 e. The first kappa shape index (κ1) is 22.2. The van der Waals surface area contributed by atoms with Crippen molar-refractivity contribution in [2.45, 2.75) is 116 Å². The van der Waals surface area contributed by atoms with Crippen molar-refractivity contribution in [3.8, 4) is 0 Å². The maximum atomic E-state index is 9.89. The van der Waals surface area contributed by atoms with Crippen molar-refractivity contribution in [2.24, 2.45) is 5.11 Å². The van der Waals surface area contributed by atoms with E-state index in [2.05, 4.69) is 16.9 Å². The number of aliphatic hydroxyl groups is 2. The van der Waals surface area contributed by atoms with E-state index in [9.17, 15) is 10.2 Å². The lowest BCUT2D eigenvalue weighted by Gasteiger charge is -2.18. The predicted octanol–water partition coefficient (Wildman–Crippen LogP) is 5.50. The standard InChI is InChI=1S/C18H37N3O2/c1-3-4-5-6-7-8-9-10-11-12-13-14-17(22)15-18(23)16(2)20-21-19/h16-18,22-23H,3-15H2,1-2H3/t16-,17+,18+/m1/s1. The van der Waals surface area contributed by atoms with Gasteiger partial charge in [-0.2, -0.15) is 0 Å². The molecule has 0 aromatic carbocycles. The predicted molar refractivity (Wildman–Crippen MR) is 96.3 cm³/mol. The van der Waals surface area contributed by atoms with Gasteiger partial charge in [0, 0.05) is 4.91 Å². The zero-order valence-electron chi connectivity index (χ0n) is 15.2. The fourth-order valence-electron chi connectivity index (χ4n) is 2.80. The molecule has 0 saturated heterocycles. The summed E-state index contributed by atoms with van der Waals surface area (Å²) in [7, 11) is 0. The van der Waals surface area contributed by atoms with Crippen LogP contribution in [0.25, 0.3) is 10.4 Å². The summed E-state index contributed by atoms with van der Waals surface area (Å²) in [4.78, 5) is 2.68. The number of azide groups is 1. The Kier molecular flexibility index (Phi) is 15.6. The summed E-state index contributed by atoms with van der Waals surface area (Å²) in [5.74, 6) is 0. The van der Waals surface area contributed by atoms with E-state index in [-0.39, 0.29) is 6.42 Å². The number of nitrogens with zero attached hydrogens (tertiary/aromatic N) is 3. The molecule has 0 bridgehead atoms. The maximum absolute atomic E-state index is 9.89. The molecule has 0 fully saturated rings. The summed E-state index contributed by atoms with van der Waals surface area (Å²) in [6, 6.07) is -0.480. The van der Waals surface area contributed by atoms with Gasteiger partial charge in [-0.25, -0.2) is 0 Å². The van der Waals surface area contributed by atoms with Gasteiger partial charge < -0.3 is 10.2 Å². The number of rotatable bonds is 16. The van der Waals surface area contributed by atoms with Crippen molar-refractivity contribution >= 4 is 0 Å². The largest absolute Gasteiger partial charge is 0.393 e. The highest BCUT2D eigenvalue weighted by Crippen LogP contribution is 2.15. The molecule has 0 unspecified atom stereocenters. The lowest BCUT2D eigenvalue weighted by molar-refractivity contribution is 0.0630. The number of aliphatic hydroxyl groups excluding tert-OH is 2. The van der Waals surface area contributed by atoms with Gasteiger partial charge in [0.15, 0.2) is 0 Å². The van der Waals surface area contributed by atoms with Crippen molar-refractivity contribution < 1.29 is 10.2 Å². The Hall–Kier alpha value is -0.770. The topological polar surface area (TPSA) is 89.2 Å². The van der Waals surface area contributed by atoms with Crippen LogP contribution in [0.2, 0.25) is 0 Å². The summed E-state index contributed by atoms with van der Waals surface area (Å²) in [6.45, 7) is 3.91. The molecule has 3 atom stereocenters. The molecule has 5 nitrogen and oxygen atoms in total. The number of unbranched alkanes of at least 4 members (excludes halogenated alkanes) is 10. The highest BCUT2D eigenvalue weighted by Gasteiger charge is 2.16. The first-order valence-corrected chi connectivity index (χ1v) is 9.52. The molecule has 0 aliphatic rings. The summed E-state index contributed by atoms with van der Waals surface area (Å²) >= 11 is 0. The van der Waals surface area contributed by atoms with Crippen molar-refractivity contribution in [2.75, 3.05) is 0 Å². The van der Waals surface area contributed by atoms with E-state index in [4.69, 9.17) is 5.53 Å². The van der Waals surface area contributed by atoms with Crippen LogP contribution in [-0.2, 0) is 0 Å². The van der Waals surface area contributed by atoms with Crippen molar-refractivity contribution in [1.29, 1.82) is 0 Å². The second kappa shape index (κ2) is 16.1. The molecule has 0 spiro atoms.